The SMILES string of the molecule is COc1ccc(CCNC(=O)Cn2cnc3sc(C)c(-c4ccc(C)c(C)c4)c3c2=O)cc1OC. The third-order valence-electron chi connectivity index (χ3n) is 6.15. The van der Waals surface area contributed by atoms with Crippen LogP contribution in [0.4, 0.5) is 0 Å². The third-order valence-corrected chi connectivity index (χ3v) is 7.16. The molecule has 4 rings (SSSR count). The molecule has 0 aliphatic carbocycles. The molecule has 0 spiro atoms. The summed E-state index contributed by atoms with van der Waals surface area (Å²) in [5.41, 5.74) is 5.06. The van der Waals surface area contributed by atoms with Crippen LogP contribution < -0.4 is 20.3 Å². The zero-order valence-electron chi connectivity index (χ0n) is 20.6. The molecule has 2 aromatic heterocycles. The van der Waals surface area contributed by atoms with Gasteiger partial charge < -0.3 is 14.8 Å². The first-order valence-corrected chi connectivity index (χ1v) is 12.2. The van der Waals surface area contributed by atoms with Gasteiger partial charge in [0.1, 0.15) is 11.4 Å². The molecule has 0 fully saturated rings. The molecule has 0 bridgehead atoms. The predicted molar refractivity (Wildman–Crippen MR) is 140 cm³/mol. The first kappa shape index (κ1) is 24.5. The minimum Gasteiger partial charge on any atom is -0.493 e. The predicted octanol–water partition coefficient (Wildman–Crippen LogP) is 4.43. The number of rotatable bonds is 8. The molecule has 1 amide bonds. The zero-order chi connectivity index (χ0) is 25.1. The Morgan fingerprint density at radius 1 is 1.03 bits per heavy atom. The summed E-state index contributed by atoms with van der Waals surface area (Å²) in [5.74, 6) is 1.06. The second-order valence-corrected chi connectivity index (χ2v) is 9.68. The minimum absolute atomic E-state index is 0.0883. The van der Waals surface area contributed by atoms with E-state index >= 15 is 0 Å². The summed E-state index contributed by atoms with van der Waals surface area (Å²) in [7, 11) is 3.18. The molecule has 0 aliphatic rings. The minimum atomic E-state index is -0.242. The molecule has 0 radical (unpaired) electrons. The number of hydrogen-bond acceptors (Lipinski definition) is 6. The quantitative estimate of drug-likeness (QED) is 0.394. The summed E-state index contributed by atoms with van der Waals surface area (Å²) in [5, 5.41) is 3.46. The van der Waals surface area contributed by atoms with E-state index in [2.05, 4.69) is 36.3 Å². The largest absolute Gasteiger partial charge is 0.493 e. The van der Waals surface area contributed by atoms with Crippen LogP contribution in [0.1, 0.15) is 21.6 Å². The van der Waals surface area contributed by atoms with Gasteiger partial charge >= 0.3 is 0 Å². The van der Waals surface area contributed by atoms with Crippen molar-refractivity contribution in [3.05, 3.63) is 74.6 Å². The van der Waals surface area contributed by atoms with Crippen molar-refractivity contribution in [1.29, 1.82) is 0 Å². The molecular weight excluding hydrogens is 462 g/mol. The highest BCUT2D eigenvalue weighted by Crippen LogP contribution is 2.36. The number of hydrogen-bond donors (Lipinski definition) is 1. The Morgan fingerprint density at radius 3 is 2.51 bits per heavy atom. The van der Waals surface area contributed by atoms with Crippen molar-refractivity contribution in [3.63, 3.8) is 0 Å². The molecule has 0 atom stereocenters. The monoisotopic (exact) mass is 491 g/mol. The second-order valence-electron chi connectivity index (χ2n) is 8.48. The number of carbonyl (C=O) groups is 1. The van der Waals surface area contributed by atoms with Crippen molar-refractivity contribution >= 4 is 27.5 Å². The van der Waals surface area contributed by atoms with E-state index in [4.69, 9.17) is 9.47 Å². The van der Waals surface area contributed by atoms with Gasteiger partial charge in [-0.25, -0.2) is 4.98 Å². The third kappa shape index (κ3) is 5.07. The van der Waals surface area contributed by atoms with Crippen molar-refractivity contribution in [2.75, 3.05) is 20.8 Å². The lowest BCUT2D eigenvalue weighted by atomic mass is 9.99. The van der Waals surface area contributed by atoms with Crippen LogP contribution in [0.25, 0.3) is 21.3 Å². The standard InChI is InChI=1S/C27H29N3O4S/c1-16-6-8-20(12-17(16)2)24-18(3)35-26-25(24)27(32)30(15-29-26)14-23(31)28-11-10-19-7-9-21(33-4)22(13-19)34-5/h6-9,12-13,15H,10-11,14H2,1-5H3,(H,28,31). The van der Waals surface area contributed by atoms with Crippen LogP contribution in [0.3, 0.4) is 0 Å². The summed E-state index contributed by atoms with van der Waals surface area (Å²) in [6.07, 6.45) is 2.08. The Kier molecular flexibility index (Phi) is 7.21. The highest BCUT2D eigenvalue weighted by molar-refractivity contribution is 7.19. The van der Waals surface area contributed by atoms with Gasteiger partial charge in [-0.05, 0) is 61.6 Å². The van der Waals surface area contributed by atoms with Gasteiger partial charge in [-0.15, -0.1) is 11.3 Å². The second kappa shape index (κ2) is 10.3. The maximum Gasteiger partial charge on any atom is 0.263 e. The number of fused-ring (bicyclic) bond motifs is 1. The molecular formula is C27H29N3O4S. The van der Waals surface area contributed by atoms with Crippen molar-refractivity contribution in [1.82, 2.24) is 14.9 Å². The molecule has 2 heterocycles. The molecule has 8 heteroatoms. The van der Waals surface area contributed by atoms with Crippen LogP contribution >= 0.6 is 11.3 Å². The van der Waals surface area contributed by atoms with Crippen LogP contribution in [0.2, 0.25) is 0 Å². The van der Waals surface area contributed by atoms with Crippen LogP contribution in [0.5, 0.6) is 11.5 Å². The lowest BCUT2D eigenvalue weighted by molar-refractivity contribution is -0.121. The number of ether oxygens (including phenoxy) is 2. The van der Waals surface area contributed by atoms with E-state index in [1.807, 2.05) is 31.2 Å². The molecule has 2 aromatic carbocycles. The van der Waals surface area contributed by atoms with Gasteiger partial charge in [-0.1, -0.05) is 24.3 Å². The molecule has 0 saturated heterocycles. The van der Waals surface area contributed by atoms with E-state index in [1.165, 1.54) is 33.4 Å². The number of thiophene rings is 1. The number of methoxy groups -OCH3 is 2. The van der Waals surface area contributed by atoms with Crippen molar-refractivity contribution < 1.29 is 14.3 Å². The summed E-state index contributed by atoms with van der Waals surface area (Å²) >= 11 is 1.50. The summed E-state index contributed by atoms with van der Waals surface area (Å²) in [6.45, 7) is 6.47. The van der Waals surface area contributed by atoms with E-state index in [1.54, 1.807) is 14.2 Å². The van der Waals surface area contributed by atoms with Crippen LogP contribution in [-0.4, -0.2) is 36.2 Å². The summed E-state index contributed by atoms with van der Waals surface area (Å²) in [4.78, 5) is 32.2. The maximum absolute atomic E-state index is 13.4. The Bertz CT molecular complexity index is 1460. The van der Waals surface area contributed by atoms with Crippen molar-refractivity contribution in [2.24, 2.45) is 0 Å². The highest BCUT2D eigenvalue weighted by atomic mass is 32.1. The maximum atomic E-state index is 13.4. The molecule has 0 unspecified atom stereocenters. The van der Waals surface area contributed by atoms with Gasteiger partial charge in [0.25, 0.3) is 5.56 Å². The molecule has 0 aliphatic heterocycles. The van der Waals surface area contributed by atoms with Gasteiger partial charge in [0.05, 0.1) is 25.9 Å². The van der Waals surface area contributed by atoms with Crippen LogP contribution in [0, 0.1) is 20.8 Å². The molecule has 0 saturated carbocycles. The number of benzene rings is 2. The van der Waals surface area contributed by atoms with E-state index in [9.17, 15) is 9.59 Å². The summed E-state index contributed by atoms with van der Waals surface area (Å²) in [6, 6.07) is 11.9. The van der Waals surface area contributed by atoms with Gasteiger partial charge in [-0.2, -0.15) is 0 Å². The van der Waals surface area contributed by atoms with E-state index in [-0.39, 0.29) is 18.0 Å². The molecule has 1 N–H and O–H groups in total. The Balaban J connectivity index is 1.50. The molecule has 4 aromatic rings. The zero-order valence-corrected chi connectivity index (χ0v) is 21.4. The Morgan fingerprint density at radius 2 is 1.80 bits per heavy atom. The van der Waals surface area contributed by atoms with Crippen LogP contribution in [0.15, 0.2) is 47.5 Å². The lowest BCUT2D eigenvalue weighted by Crippen LogP contribution is -2.33. The number of aryl methyl sites for hydroxylation is 3. The topological polar surface area (TPSA) is 82.5 Å². The Hall–Kier alpha value is -3.65. The van der Waals surface area contributed by atoms with E-state index in [0.29, 0.717) is 34.7 Å². The highest BCUT2D eigenvalue weighted by Gasteiger charge is 2.18. The number of nitrogens with one attached hydrogen (secondary N) is 1. The number of carbonyl (C=O) groups excluding carboxylic acids is 1. The van der Waals surface area contributed by atoms with E-state index in [0.717, 1.165) is 21.6 Å². The van der Waals surface area contributed by atoms with Gasteiger partial charge in [-0.3, -0.25) is 14.2 Å². The average molecular weight is 492 g/mol. The number of aromatic nitrogens is 2. The first-order valence-electron chi connectivity index (χ1n) is 11.4. The molecule has 35 heavy (non-hydrogen) atoms. The fraction of sp³-hybridized carbons (Fsp3) is 0.296. The Labute approximate surface area is 208 Å². The fourth-order valence-electron chi connectivity index (χ4n) is 4.09. The molecule has 182 valence electrons. The van der Waals surface area contributed by atoms with Gasteiger partial charge in [0.2, 0.25) is 5.91 Å². The summed E-state index contributed by atoms with van der Waals surface area (Å²) < 4.78 is 12.0. The number of nitrogens with zero attached hydrogens (tertiary/aromatic N) is 2. The van der Waals surface area contributed by atoms with Crippen molar-refractivity contribution in [2.45, 2.75) is 33.7 Å². The van der Waals surface area contributed by atoms with Gasteiger partial charge in [0.15, 0.2) is 11.5 Å². The van der Waals surface area contributed by atoms with Gasteiger partial charge in [0, 0.05) is 17.0 Å². The number of amides is 1. The van der Waals surface area contributed by atoms with Crippen molar-refractivity contribution in [3.8, 4) is 22.6 Å². The smallest absolute Gasteiger partial charge is 0.263 e. The first-order chi connectivity index (χ1) is 16.8. The van der Waals surface area contributed by atoms with E-state index < -0.39 is 0 Å². The molecule has 7 nitrogen and oxygen atoms in total. The average Bonchev–Trinajstić information content (AvgIpc) is 3.19. The lowest BCUT2D eigenvalue weighted by Gasteiger charge is -2.11. The fourth-order valence-corrected chi connectivity index (χ4v) is 5.09. The van der Waals surface area contributed by atoms with Crippen LogP contribution in [-0.2, 0) is 17.8 Å². The normalized spacial score (nSPS) is 11.0.